The molecule has 0 aliphatic carbocycles. The third-order valence-electron chi connectivity index (χ3n) is 1.90. The first kappa shape index (κ1) is 11.4. The molecule has 1 rings (SSSR count). The number of ketones is 1. The molecule has 0 unspecified atom stereocenters. The molecule has 0 saturated carbocycles. The summed E-state index contributed by atoms with van der Waals surface area (Å²) in [6, 6.07) is 3.67. The van der Waals surface area contributed by atoms with Gasteiger partial charge in [-0.2, -0.15) is 0 Å². The molecule has 0 spiro atoms. The summed E-state index contributed by atoms with van der Waals surface area (Å²) in [7, 11) is 0. The first-order valence-electron chi connectivity index (χ1n) is 5.05. The van der Waals surface area contributed by atoms with Gasteiger partial charge in [0.15, 0.2) is 11.5 Å². The van der Waals surface area contributed by atoms with Crippen LogP contribution in [-0.2, 0) is 9.53 Å². The maximum Gasteiger partial charge on any atom is 0.197 e. The number of aromatic nitrogens is 1. The summed E-state index contributed by atoms with van der Waals surface area (Å²) >= 11 is 0. The van der Waals surface area contributed by atoms with E-state index in [1.807, 2.05) is 26.0 Å². The van der Waals surface area contributed by atoms with Crippen molar-refractivity contribution in [2.75, 3.05) is 6.61 Å². The Morgan fingerprint density at radius 3 is 2.60 bits per heavy atom. The second-order valence-electron chi connectivity index (χ2n) is 3.00. The Balaban J connectivity index is 2.88. The lowest BCUT2D eigenvalue weighted by Gasteiger charge is -2.05. The molecule has 0 amide bonds. The van der Waals surface area contributed by atoms with Crippen LogP contribution in [-0.4, -0.2) is 17.4 Å². The zero-order valence-electron chi connectivity index (χ0n) is 9.06. The molecule has 0 saturated heterocycles. The van der Waals surface area contributed by atoms with Gasteiger partial charge in [0.05, 0.1) is 6.61 Å². The fourth-order valence-corrected chi connectivity index (χ4v) is 1.14. The molecule has 0 bridgehead atoms. The van der Waals surface area contributed by atoms with E-state index < -0.39 is 0 Å². The van der Waals surface area contributed by atoms with Crippen LogP contribution in [0.15, 0.2) is 30.3 Å². The van der Waals surface area contributed by atoms with Crippen LogP contribution in [0.5, 0.6) is 0 Å². The van der Waals surface area contributed by atoms with E-state index in [1.54, 1.807) is 18.5 Å². The Kier molecular flexibility index (Phi) is 4.54. The second-order valence-corrected chi connectivity index (χ2v) is 3.00. The average Bonchev–Trinajstić information content (AvgIpc) is 2.29. The quantitative estimate of drug-likeness (QED) is 0.547. The molecule has 1 aromatic heterocycles. The van der Waals surface area contributed by atoms with Crippen molar-refractivity contribution >= 4 is 11.9 Å². The van der Waals surface area contributed by atoms with Crippen LogP contribution in [0.3, 0.4) is 0 Å². The molecule has 0 fully saturated rings. The summed E-state index contributed by atoms with van der Waals surface area (Å²) in [5.74, 6) is 0.444. The van der Waals surface area contributed by atoms with Gasteiger partial charge in [0, 0.05) is 18.8 Å². The van der Waals surface area contributed by atoms with E-state index >= 15 is 0 Å². The Bertz CT molecular complexity index is 344. The maximum atomic E-state index is 11.5. The topological polar surface area (TPSA) is 39.2 Å². The van der Waals surface area contributed by atoms with Gasteiger partial charge in [-0.3, -0.25) is 9.78 Å². The molecule has 3 nitrogen and oxygen atoms in total. The SMILES string of the molecule is CCOC(=Cc1ccncc1)C(=O)CC. The highest BCUT2D eigenvalue weighted by molar-refractivity contribution is 5.97. The van der Waals surface area contributed by atoms with Crippen molar-refractivity contribution in [2.45, 2.75) is 20.3 Å². The highest BCUT2D eigenvalue weighted by Crippen LogP contribution is 2.09. The maximum absolute atomic E-state index is 11.5. The fourth-order valence-electron chi connectivity index (χ4n) is 1.14. The van der Waals surface area contributed by atoms with E-state index in [0.717, 1.165) is 5.56 Å². The summed E-state index contributed by atoms with van der Waals surface area (Å²) in [5.41, 5.74) is 0.926. The van der Waals surface area contributed by atoms with Gasteiger partial charge >= 0.3 is 0 Å². The molecule has 0 aliphatic heterocycles. The van der Waals surface area contributed by atoms with Crippen LogP contribution in [0, 0.1) is 0 Å². The summed E-state index contributed by atoms with van der Waals surface area (Å²) in [6.07, 6.45) is 5.57. The molecule has 0 aliphatic rings. The van der Waals surface area contributed by atoms with E-state index in [4.69, 9.17) is 4.74 Å². The Morgan fingerprint density at radius 1 is 1.40 bits per heavy atom. The lowest BCUT2D eigenvalue weighted by atomic mass is 10.2. The van der Waals surface area contributed by atoms with Gasteiger partial charge in [-0.25, -0.2) is 0 Å². The molecular formula is C12H15NO2. The summed E-state index contributed by atoms with van der Waals surface area (Å²) in [5, 5.41) is 0. The van der Waals surface area contributed by atoms with Crippen LogP contribution in [0.4, 0.5) is 0 Å². The highest BCUT2D eigenvalue weighted by Gasteiger charge is 2.07. The number of hydrogen-bond acceptors (Lipinski definition) is 3. The summed E-state index contributed by atoms with van der Waals surface area (Å²) in [6.45, 7) is 4.19. The first-order valence-corrected chi connectivity index (χ1v) is 5.05. The molecule has 0 aromatic carbocycles. The van der Waals surface area contributed by atoms with Gasteiger partial charge in [0.1, 0.15) is 0 Å². The van der Waals surface area contributed by atoms with Crippen molar-refractivity contribution < 1.29 is 9.53 Å². The van der Waals surface area contributed by atoms with Gasteiger partial charge in [0.25, 0.3) is 0 Å². The number of Topliss-reactive ketones (excluding diaryl/α,β-unsaturated/α-hetero) is 1. The van der Waals surface area contributed by atoms with Crippen molar-refractivity contribution in [3.8, 4) is 0 Å². The van der Waals surface area contributed by atoms with Crippen molar-refractivity contribution in [3.05, 3.63) is 35.8 Å². The fraction of sp³-hybridized carbons (Fsp3) is 0.333. The van der Waals surface area contributed by atoms with Gasteiger partial charge in [0.2, 0.25) is 0 Å². The molecule has 1 heterocycles. The van der Waals surface area contributed by atoms with E-state index in [9.17, 15) is 4.79 Å². The molecule has 1 aromatic rings. The predicted molar refractivity (Wildman–Crippen MR) is 59.1 cm³/mol. The second kappa shape index (κ2) is 5.96. The van der Waals surface area contributed by atoms with Crippen molar-refractivity contribution in [2.24, 2.45) is 0 Å². The number of nitrogens with zero attached hydrogens (tertiary/aromatic N) is 1. The zero-order valence-corrected chi connectivity index (χ0v) is 9.06. The largest absolute Gasteiger partial charge is 0.490 e. The Morgan fingerprint density at radius 2 is 2.07 bits per heavy atom. The Hall–Kier alpha value is -1.64. The first-order chi connectivity index (χ1) is 7.27. The Labute approximate surface area is 89.8 Å². The molecule has 0 radical (unpaired) electrons. The molecule has 15 heavy (non-hydrogen) atoms. The van der Waals surface area contributed by atoms with E-state index in [1.165, 1.54) is 0 Å². The van der Waals surface area contributed by atoms with Crippen molar-refractivity contribution in [1.29, 1.82) is 0 Å². The normalized spacial score (nSPS) is 11.2. The number of carbonyl (C=O) groups is 1. The van der Waals surface area contributed by atoms with E-state index in [0.29, 0.717) is 18.8 Å². The van der Waals surface area contributed by atoms with Gasteiger partial charge < -0.3 is 4.74 Å². The highest BCUT2D eigenvalue weighted by atomic mass is 16.5. The number of allylic oxidation sites excluding steroid dienone is 1. The van der Waals surface area contributed by atoms with Crippen molar-refractivity contribution in [1.82, 2.24) is 4.98 Å². The third kappa shape index (κ3) is 3.54. The monoisotopic (exact) mass is 205 g/mol. The third-order valence-corrected chi connectivity index (χ3v) is 1.90. The standard InChI is InChI=1S/C12H15NO2/c1-3-11(14)12(15-4-2)9-10-5-7-13-8-6-10/h5-9H,3-4H2,1-2H3. The average molecular weight is 205 g/mol. The molecule has 3 heteroatoms. The van der Waals surface area contributed by atoms with Crippen LogP contribution >= 0.6 is 0 Å². The van der Waals surface area contributed by atoms with Crippen LogP contribution < -0.4 is 0 Å². The van der Waals surface area contributed by atoms with E-state index in [2.05, 4.69) is 4.98 Å². The lowest BCUT2D eigenvalue weighted by molar-refractivity contribution is -0.118. The number of rotatable bonds is 5. The molecule has 0 atom stereocenters. The van der Waals surface area contributed by atoms with Crippen molar-refractivity contribution in [3.63, 3.8) is 0 Å². The van der Waals surface area contributed by atoms with E-state index in [-0.39, 0.29) is 5.78 Å². The number of ether oxygens (including phenoxy) is 1. The number of carbonyl (C=O) groups excluding carboxylic acids is 1. The minimum Gasteiger partial charge on any atom is -0.490 e. The molecular weight excluding hydrogens is 190 g/mol. The van der Waals surface area contributed by atoms with Gasteiger partial charge in [-0.1, -0.05) is 6.92 Å². The predicted octanol–water partition coefficient (Wildman–Crippen LogP) is 2.44. The number of pyridine rings is 1. The van der Waals surface area contributed by atoms with Gasteiger partial charge in [-0.05, 0) is 30.7 Å². The lowest BCUT2D eigenvalue weighted by Crippen LogP contribution is -2.04. The van der Waals surface area contributed by atoms with Crippen LogP contribution in [0.25, 0.3) is 6.08 Å². The van der Waals surface area contributed by atoms with Crippen LogP contribution in [0.1, 0.15) is 25.8 Å². The molecule has 0 N–H and O–H groups in total. The zero-order chi connectivity index (χ0) is 11.1. The summed E-state index contributed by atoms with van der Waals surface area (Å²) < 4.78 is 5.29. The summed E-state index contributed by atoms with van der Waals surface area (Å²) in [4.78, 5) is 15.4. The van der Waals surface area contributed by atoms with Crippen LogP contribution in [0.2, 0.25) is 0 Å². The minimum atomic E-state index is 0.0219. The smallest absolute Gasteiger partial charge is 0.197 e. The number of hydrogen-bond donors (Lipinski definition) is 0. The minimum absolute atomic E-state index is 0.0219. The molecule has 80 valence electrons. The van der Waals surface area contributed by atoms with Gasteiger partial charge in [-0.15, -0.1) is 0 Å².